The standard InChI is InChI=1S/C46H28N4O/c1-3-14-29(15-4-1)43-45-44(35-22-9-12-25-42(35)51-45)48-46(47-43)30-16-13-19-32(26-30)50-39-24-11-8-21-34(39)37-27-40-36(28-41(37)50)33-20-7-10-23-38(33)49(40)31-17-5-2-6-18-31/h1-28H. The highest BCUT2D eigenvalue weighted by molar-refractivity contribution is 6.19. The Bertz CT molecular complexity index is 3130. The van der Waals surface area contributed by atoms with Crippen LogP contribution in [0.25, 0.3) is 99.7 Å². The summed E-state index contributed by atoms with van der Waals surface area (Å²) in [5, 5.41) is 5.84. The van der Waals surface area contributed by atoms with Crippen molar-refractivity contribution in [3.63, 3.8) is 0 Å². The third-order valence-corrected chi connectivity index (χ3v) is 10.1. The number of para-hydroxylation sites is 4. The highest BCUT2D eigenvalue weighted by Gasteiger charge is 2.21. The molecule has 0 radical (unpaired) electrons. The van der Waals surface area contributed by atoms with Crippen LogP contribution >= 0.6 is 0 Å². The lowest BCUT2D eigenvalue weighted by atomic mass is 10.1. The van der Waals surface area contributed by atoms with Crippen LogP contribution in [-0.2, 0) is 0 Å². The number of furan rings is 1. The first-order valence-corrected chi connectivity index (χ1v) is 17.2. The zero-order valence-electron chi connectivity index (χ0n) is 27.4. The Morgan fingerprint density at radius 2 is 0.941 bits per heavy atom. The number of hydrogen-bond acceptors (Lipinski definition) is 3. The topological polar surface area (TPSA) is 48.8 Å². The van der Waals surface area contributed by atoms with Gasteiger partial charge in [0.2, 0.25) is 0 Å². The summed E-state index contributed by atoms with van der Waals surface area (Å²) in [5.41, 5.74) is 11.9. The minimum Gasteiger partial charge on any atom is -0.452 e. The fourth-order valence-corrected chi connectivity index (χ4v) is 7.86. The molecule has 0 saturated heterocycles. The van der Waals surface area contributed by atoms with E-state index in [9.17, 15) is 0 Å². The predicted molar refractivity (Wildman–Crippen MR) is 209 cm³/mol. The smallest absolute Gasteiger partial charge is 0.180 e. The third-order valence-electron chi connectivity index (χ3n) is 10.1. The summed E-state index contributed by atoms with van der Waals surface area (Å²) in [6.45, 7) is 0. The van der Waals surface area contributed by atoms with Gasteiger partial charge in [0, 0.05) is 49.4 Å². The summed E-state index contributed by atoms with van der Waals surface area (Å²) in [5.74, 6) is 0.656. The van der Waals surface area contributed by atoms with Crippen LogP contribution in [0, 0.1) is 0 Å². The van der Waals surface area contributed by atoms with Crippen LogP contribution in [0.3, 0.4) is 0 Å². The van der Waals surface area contributed by atoms with E-state index in [1.54, 1.807) is 0 Å². The van der Waals surface area contributed by atoms with Crippen molar-refractivity contribution in [3.05, 3.63) is 170 Å². The quantitative estimate of drug-likeness (QED) is 0.190. The molecule has 0 bridgehead atoms. The Kier molecular flexibility index (Phi) is 5.89. The van der Waals surface area contributed by atoms with Crippen molar-refractivity contribution in [2.24, 2.45) is 0 Å². The molecule has 0 spiro atoms. The lowest BCUT2D eigenvalue weighted by molar-refractivity contribution is 0.667. The van der Waals surface area contributed by atoms with Crippen molar-refractivity contribution >= 4 is 65.7 Å². The first-order valence-electron chi connectivity index (χ1n) is 17.2. The van der Waals surface area contributed by atoms with Gasteiger partial charge in [0.05, 0.1) is 22.1 Å². The van der Waals surface area contributed by atoms with E-state index in [4.69, 9.17) is 14.4 Å². The van der Waals surface area contributed by atoms with Crippen LogP contribution in [0.1, 0.15) is 0 Å². The van der Waals surface area contributed by atoms with Crippen molar-refractivity contribution in [1.29, 1.82) is 0 Å². The normalized spacial score (nSPS) is 11.9. The maximum Gasteiger partial charge on any atom is 0.180 e. The molecule has 0 saturated carbocycles. The molecule has 0 unspecified atom stereocenters. The fraction of sp³-hybridized carbons (Fsp3) is 0. The molecule has 0 aliphatic rings. The fourth-order valence-electron chi connectivity index (χ4n) is 7.86. The van der Waals surface area contributed by atoms with Crippen molar-refractivity contribution in [3.8, 4) is 34.0 Å². The van der Waals surface area contributed by atoms with Crippen molar-refractivity contribution in [2.45, 2.75) is 0 Å². The van der Waals surface area contributed by atoms with E-state index in [0.717, 1.165) is 55.7 Å². The van der Waals surface area contributed by atoms with Crippen LogP contribution in [0.4, 0.5) is 0 Å². The average molecular weight is 653 g/mol. The van der Waals surface area contributed by atoms with Crippen molar-refractivity contribution in [1.82, 2.24) is 19.1 Å². The number of aromatic nitrogens is 4. The van der Waals surface area contributed by atoms with Gasteiger partial charge in [0.15, 0.2) is 11.4 Å². The summed E-state index contributed by atoms with van der Waals surface area (Å²) in [7, 11) is 0. The second-order valence-corrected chi connectivity index (χ2v) is 13.0. The van der Waals surface area contributed by atoms with Crippen LogP contribution in [0.15, 0.2) is 174 Å². The molecule has 11 rings (SSSR count). The van der Waals surface area contributed by atoms with E-state index in [1.807, 2.05) is 36.4 Å². The maximum atomic E-state index is 6.37. The van der Waals surface area contributed by atoms with Crippen molar-refractivity contribution in [2.75, 3.05) is 0 Å². The summed E-state index contributed by atoms with van der Waals surface area (Å²) < 4.78 is 11.1. The van der Waals surface area contributed by atoms with Gasteiger partial charge in [-0.2, -0.15) is 0 Å². The number of hydrogen-bond donors (Lipinski definition) is 0. The van der Waals surface area contributed by atoms with Crippen molar-refractivity contribution < 1.29 is 4.42 Å². The zero-order valence-corrected chi connectivity index (χ0v) is 27.4. The SMILES string of the molecule is c1ccc(-c2nc(-c3cccc(-n4c5ccccc5c5cc6c(cc54)c4ccccc4n6-c4ccccc4)c3)nc3c2oc2ccccc23)cc1. The molecule has 0 N–H and O–H groups in total. The Morgan fingerprint density at radius 1 is 0.392 bits per heavy atom. The second kappa shape index (κ2) is 10.8. The van der Waals surface area contributed by atoms with E-state index < -0.39 is 0 Å². The molecule has 5 heteroatoms. The summed E-state index contributed by atoms with van der Waals surface area (Å²) in [6.07, 6.45) is 0. The molecule has 5 nitrogen and oxygen atoms in total. The largest absolute Gasteiger partial charge is 0.452 e. The van der Waals surface area contributed by atoms with Gasteiger partial charge in [-0.05, 0) is 60.7 Å². The van der Waals surface area contributed by atoms with Gasteiger partial charge in [-0.1, -0.05) is 109 Å². The van der Waals surface area contributed by atoms with Gasteiger partial charge in [-0.3, -0.25) is 0 Å². The lowest BCUT2D eigenvalue weighted by Crippen LogP contribution is -1.97. The minimum atomic E-state index is 0.656. The molecule has 4 heterocycles. The molecule has 0 aliphatic heterocycles. The molecule has 51 heavy (non-hydrogen) atoms. The van der Waals surface area contributed by atoms with Gasteiger partial charge < -0.3 is 13.6 Å². The molecule has 0 amide bonds. The van der Waals surface area contributed by atoms with Gasteiger partial charge in [-0.15, -0.1) is 0 Å². The Balaban J connectivity index is 1.17. The number of nitrogens with zero attached hydrogens (tertiary/aromatic N) is 4. The zero-order chi connectivity index (χ0) is 33.5. The Hall–Kier alpha value is -6.98. The first-order chi connectivity index (χ1) is 25.3. The molecular formula is C46H28N4O. The molecule has 7 aromatic carbocycles. The monoisotopic (exact) mass is 652 g/mol. The summed E-state index contributed by atoms with van der Waals surface area (Å²) in [4.78, 5) is 10.3. The van der Waals surface area contributed by atoms with E-state index >= 15 is 0 Å². The number of rotatable bonds is 4. The molecule has 0 aliphatic carbocycles. The summed E-state index contributed by atoms with van der Waals surface area (Å²) in [6, 6.07) is 59.6. The van der Waals surface area contributed by atoms with Gasteiger partial charge >= 0.3 is 0 Å². The van der Waals surface area contributed by atoms with Crippen LogP contribution in [0.2, 0.25) is 0 Å². The minimum absolute atomic E-state index is 0.656. The average Bonchev–Trinajstić information content (AvgIpc) is 3.85. The van der Waals surface area contributed by atoms with Crippen LogP contribution < -0.4 is 0 Å². The molecule has 0 fully saturated rings. The Morgan fingerprint density at radius 3 is 1.65 bits per heavy atom. The van der Waals surface area contributed by atoms with E-state index in [-0.39, 0.29) is 0 Å². The predicted octanol–water partition coefficient (Wildman–Crippen LogP) is 11.9. The van der Waals surface area contributed by atoms with Crippen LogP contribution in [-0.4, -0.2) is 19.1 Å². The highest BCUT2D eigenvalue weighted by atomic mass is 16.3. The number of benzene rings is 7. The molecule has 11 aromatic rings. The second-order valence-electron chi connectivity index (χ2n) is 13.0. The molecular weight excluding hydrogens is 625 g/mol. The van der Waals surface area contributed by atoms with Gasteiger partial charge in [0.25, 0.3) is 0 Å². The van der Waals surface area contributed by atoms with E-state index in [0.29, 0.717) is 11.4 Å². The highest BCUT2D eigenvalue weighted by Crippen LogP contribution is 2.40. The molecule has 4 aromatic heterocycles. The van der Waals surface area contributed by atoms with Gasteiger partial charge in [0.1, 0.15) is 16.8 Å². The molecule has 0 atom stereocenters. The number of fused-ring (bicyclic) bond motifs is 9. The maximum absolute atomic E-state index is 6.37. The first kappa shape index (κ1) is 27.9. The van der Waals surface area contributed by atoms with E-state index in [2.05, 4.69) is 143 Å². The van der Waals surface area contributed by atoms with Crippen LogP contribution in [0.5, 0.6) is 0 Å². The molecule has 238 valence electrons. The van der Waals surface area contributed by atoms with E-state index in [1.165, 1.54) is 32.6 Å². The lowest BCUT2D eigenvalue weighted by Gasteiger charge is -2.11. The summed E-state index contributed by atoms with van der Waals surface area (Å²) >= 11 is 0. The third kappa shape index (κ3) is 4.15. The van der Waals surface area contributed by atoms with Gasteiger partial charge in [-0.25, -0.2) is 9.97 Å². The Labute approximate surface area is 292 Å².